The van der Waals surface area contributed by atoms with Gasteiger partial charge in [-0.05, 0) is 24.3 Å². The highest BCUT2D eigenvalue weighted by Crippen LogP contribution is 2.17. The van der Waals surface area contributed by atoms with Crippen LogP contribution in [0.5, 0.6) is 0 Å². The summed E-state index contributed by atoms with van der Waals surface area (Å²) < 4.78 is 24.4. The van der Waals surface area contributed by atoms with Gasteiger partial charge in [0, 0.05) is 24.3 Å². The minimum Gasteiger partial charge on any atom is -0.459 e. The first kappa shape index (κ1) is 25.8. The van der Waals surface area contributed by atoms with Gasteiger partial charge in [0.2, 0.25) is 0 Å². The van der Waals surface area contributed by atoms with Gasteiger partial charge in [0.15, 0.2) is 12.3 Å². The number of hydrogen-bond acceptors (Lipinski definition) is 11. The molecule has 0 aliphatic carbocycles. The second-order valence-corrected chi connectivity index (χ2v) is 6.53. The van der Waals surface area contributed by atoms with Crippen LogP contribution < -0.4 is 0 Å². The Morgan fingerprint density at radius 3 is 1.91 bits per heavy atom. The summed E-state index contributed by atoms with van der Waals surface area (Å²) >= 11 is 0. The number of alkyl halides is 1. The van der Waals surface area contributed by atoms with Crippen molar-refractivity contribution in [1.82, 2.24) is 0 Å². The molecule has 2 aromatic carbocycles. The molecule has 0 saturated heterocycles. The quantitative estimate of drug-likeness (QED) is 0.217. The smallest absolute Gasteiger partial charge is 0.338 e. The van der Waals surface area contributed by atoms with Crippen molar-refractivity contribution in [3.8, 4) is 0 Å². The van der Waals surface area contributed by atoms with Gasteiger partial charge in [-0.2, -0.15) is 0 Å². The number of nitro groups is 2. The lowest BCUT2D eigenvalue weighted by Gasteiger charge is -2.24. The average Bonchev–Trinajstić information content (AvgIpc) is 2.83. The summed E-state index contributed by atoms with van der Waals surface area (Å²) in [6.07, 6.45) is -5.33. The molecule has 0 spiro atoms. The Bertz CT molecular complexity index is 1060. The highest BCUT2D eigenvalue weighted by Gasteiger charge is 2.33. The summed E-state index contributed by atoms with van der Waals surface area (Å²) in [4.78, 5) is 48.9. The number of nitrogens with zero attached hydrogens (tertiary/aromatic N) is 3. The highest BCUT2D eigenvalue weighted by atomic mass is 19.1. The average molecular weight is 479 g/mol. The molecule has 180 valence electrons. The SMILES string of the molecule is CON=CC(F)C(OC(=O)c1ccc([N+](=O)[O-])cc1)C(O)COC(=O)c1ccc([N+](=O)[O-])cc1. The fourth-order valence-electron chi connectivity index (χ4n) is 2.53. The molecule has 1 N–H and O–H groups in total. The maximum Gasteiger partial charge on any atom is 0.338 e. The topological polar surface area (TPSA) is 181 Å². The number of aliphatic hydroxyl groups excluding tert-OH is 1. The van der Waals surface area contributed by atoms with Gasteiger partial charge in [-0.3, -0.25) is 20.2 Å². The number of non-ortho nitro benzene ring substituents is 2. The van der Waals surface area contributed by atoms with Crippen LogP contribution in [0, 0.1) is 20.2 Å². The van der Waals surface area contributed by atoms with Crippen molar-refractivity contribution in [3.05, 3.63) is 79.9 Å². The third kappa shape index (κ3) is 7.03. The number of nitro benzene ring substituents is 2. The van der Waals surface area contributed by atoms with Crippen molar-refractivity contribution in [2.45, 2.75) is 18.4 Å². The summed E-state index contributed by atoms with van der Waals surface area (Å²) in [7, 11) is 1.13. The molecule has 13 nitrogen and oxygen atoms in total. The summed E-state index contributed by atoms with van der Waals surface area (Å²) in [6.45, 7) is -0.810. The molecule has 0 heterocycles. The van der Waals surface area contributed by atoms with Crippen molar-refractivity contribution >= 4 is 29.5 Å². The highest BCUT2D eigenvalue weighted by molar-refractivity contribution is 5.90. The summed E-state index contributed by atoms with van der Waals surface area (Å²) in [6, 6.07) is 8.62. The molecule has 34 heavy (non-hydrogen) atoms. The minimum atomic E-state index is -2.19. The van der Waals surface area contributed by atoms with E-state index in [9.17, 15) is 39.3 Å². The zero-order chi connectivity index (χ0) is 25.3. The number of carbonyl (C=O) groups excluding carboxylic acids is 2. The number of aliphatic hydroxyl groups is 1. The maximum atomic E-state index is 14.6. The first-order valence-corrected chi connectivity index (χ1v) is 9.39. The largest absolute Gasteiger partial charge is 0.459 e. The van der Waals surface area contributed by atoms with Crippen LogP contribution in [0.4, 0.5) is 15.8 Å². The molecule has 0 saturated carbocycles. The Labute approximate surface area is 190 Å². The lowest BCUT2D eigenvalue weighted by atomic mass is 10.1. The third-order valence-corrected chi connectivity index (χ3v) is 4.26. The first-order chi connectivity index (χ1) is 16.1. The summed E-state index contributed by atoms with van der Waals surface area (Å²) in [5, 5.41) is 34.9. The minimum absolute atomic E-state index is 0.0741. The molecule has 0 fully saturated rings. The monoisotopic (exact) mass is 479 g/mol. The van der Waals surface area contributed by atoms with E-state index in [0.29, 0.717) is 6.21 Å². The lowest BCUT2D eigenvalue weighted by Crippen LogP contribution is -2.43. The molecule has 3 unspecified atom stereocenters. The van der Waals surface area contributed by atoms with Crippen LogP contribution in [0.3, 0.4) is 0 Å². The maximum absolute atomic E-state index is 14.6. The van der Waals surface area contributed by atoms with Crippen molar-refractivity contribution in [2.24, 2.45) is 5.16 Å². The van der Waals surface area contributed by atoms with Crippen LogP contribution in [0.25, 0.3) is 0 Å². The van der Waals surface area contributed by atoms with E-state index in [0.717, 1.165) is 55.6 Å². The summed E-state index contributed by atoms with van der Waals surface area (Å²) in [5.41, 5.74) is -0.786. The first-order valence-electron chi connectivity index (χ1n) is 9.39. The van der Waals surface area contributed by atoms with Crippen LogP contribution in [-0.4, -0.2) is 65.2 Å². The number of rotatable bonds is 11. The van der Waals surface area contributed by atoms with Crippen LogP contribution in [0.15, 0.2) is 53.7 Å². The number of oxime groups is 1. The second kappa shape index (κ2) is 12.0. The fourth-order valence-corrected chi connectivity index (χ4v) is 2.53. The normalized spacial score (nSPS) is 13.5. The molecular weight excluding hydrogens is 461 g/mol. The molecule has 14 heteroatoms. The van der Waals surface area contributed by atoms with Gasteiger partial charge >= 0.3 is 11.9 Å². The van der Waals surface area contributed by atoms with E-state index < -0.39 is 46.8 Å². The Morgan fingerprint density at radius 2 is 1.47 bits per heavy atom. The van der Waals surface area contributed by atoms with E-state index in [2.05, 4.69) is 9.99 Å². The van der Waals surface area contributed by atoms with Gasteiger partial charge in [-0.1, -0.05) is 5.16 Å². The standard InChI is InChI=1S/C20H18FN3O10/c1-32-22-10-16(21)18(34-20(27)13-4-8-15(9-5-13)24(30)31)17(25)11-33-19(26)12-2-6-14(7-3-12)23(28)29/h2-10,16-18,25H,11H2,1H3. The molecule has 0 radical (unpaired) electrons. The van der Waals surface area contributed by atoms with Crippen LogP contribution in [-0.2, 0) is 14.3 Å². The molecule has 0 aliphatic heterocycles. The van der Waals surface area contributed by atoms with Crippen molar-refractivity contribution in [1.29, 1.82) is 0 Å². The molecular formula is C20H18FN3O10. The van der Waals surface area contributed by atoms with E-state index in [1.165, 1.54) is 0 Å². The number of esters is 2. The van der Waals surface area contributed by atoms with Crippen molar-refractivity contribution in [2.75, 3.05) is 13.7 Å². The van der Waals surface area contributed by atoms with Crippen LogP contribution in [0.1, 0.15) is 20.7 Å². The number of benzene rings is 2. The number of halogens is 1. The Morgan fingerprint density at radius 1 is 1.00 bits per heavy atom. The van der Waals surface area contributed by atoms with E-state index in [-0.39, 0.29) is 22.5 Å². The molecule has 0 bridgehead atoms. The molecule has 2 rings (SSSR count). The Hall–Kier alpha value is -4.46. The van der Waals surface area contributed by atoms with Crippen molar-refractivity contribution < 1.29 is 43.2 Å². The molecule has 2 aromatic rings. The molecule has 0 amide bonds. The fraction of sp³-hybridized carbons (Fsp3) is 0.250. The van der Waals surface area contributed by atoms with E-state index in [4.69, 9.17) is 9.47 Å². The third-order valence-electron chi connectivity index (χ3n) is 4.26. The lowest BCUT2D eigenvalue weighted by molar-refractivity contribution is -0.385. The zero-order valence-electron chi connectivity index (χ0n) is 17.5. The predicted octanol–water partition coefficient (Wildman–Crippen LogP) is 2.22. The van der Waals surface area contributed by atoms with Gasteiger partial charge in [0.1, 0.15) is 19.8 Å². The second-order valence-electron chi connectivity index (χ2n) is 6.53. The molecule has 0 aromatic heterocycles. The van der Waals surface area contributed by atoms with E-state index in [1.54, 1.807) is 0 Å². The van der Waals surface area contributed by atoms with Crippen LogP contribution in [0.2, 0.25) is 0 Å². The van der Waals surface area contributed by atoms with E-state index in [1.807, 2.05) is 0 Å². The zero-order valence-corrected chi connectivity index (χ0v) is 17.5. The van der Waals surface area contributed by atoms with E-state index >= 15 is 0 Å². The van der Waals surface area contributed by atoms with Gasteiger partial charge in [0.05, 0.1) is 27.2 Å². The molecule has 0 aliphatic rings. The number of hydrogen-bond donors (Lipinski definition) is 1. The Balaban J connectivity index is 2.10. The Kier molecular flexibility index (Phi) is 9.08. The van der Waals surface area contributed by atoms with Gasteiger partial charge in [-0.25, -0.2) is 14.0 Å². The number of carbonyl (C=O) groups is 2. The van der Waals surface area contributed by atoms with Gasteiger partial charge in [-0.15, -0.1) is 0 Å². The van der Waals surface area contributed by atoms with Crippen molar-refractivity contribution in [3.63, 3.8) is 0 Å². The summed E-state index contributed by atoms with van der Waals surface area (Å²) in [5.74, 6) is -2.09. The predicted molar refractivity (Wildman–Crippen MR) is 112 cm³/mol. The van der Waals surface area contributed by atoms with Crippen LogP contribution >= 0.6 is 0 Å². The number of ether oxygens (including phenoxy) is 2. The van der Waals surface area contributed by atoms with Gasteiger partial charge < -0.3 is 19.4 Å². The van der Waals surface area contributed by atoms with Gasteiger partial charge in [0.25, 0.3) is 11.4 Å². The molecule has 3 atom stereocenters.